The Bertz CT molecular complexity index is 849. The maximum absolute atomic E-state index is 12.4. The molecular weight excluding hydrogens is 336 g/mol. The van der Waals surface area contributed by atoms with Gasteiger partial charge in [-0.2, -0.15) is 5.26 Å². The van der Waals surface area contributed by atoms with Gasteiger partial charge in [-0.05, 0) is 42.2 Å². The Kier molecular flexibility index (Phi) is 6.21. The minimum Gasteiger partial charge on any atom is -0.495 e. The van der Waals surface area contributed by atoms with E-state index in [0.29, 0.717) is 16.5 Å². The van der Waals surface area contributed by atoms with Gasteiger partial charge in [0.2, 0.25) is 0 Å². The van der Waals surface area contributed by atoms with Crippen molar-refractivity contribution in [1.29, 1.82) is 5.26 Å². The van der Waals surface area contributed by atoms with Crippen molar-refractivity contribution >= 4 is 29.3 Å². The molecule has 2 aromatic carbocycles. The highest BCUT2D eigenvalue weighted by molar-refractivity contribution is 6.31. The fourth-order valence-electron chi connectivity index (χ4n) is 2.28. The number of aryl methyl sites for hydroxylation is 2. The number of benzene rings is 2. The third kappa shape index (κ3) is 4.62. The number of hydrogen-bond acceptors (Lipinski definition) is 3. The summed E-state index contributed by atoms with van der Waals surface area (Å²) in [6, 6.07) is 13.0. The monoisotopic (exact) mass is 354 g/mol. The van der Waals surface area contributed by atoms with Gasteiger partial charge < -0.3 is 10.1 Å². The van der Waals surface area contributed by atoms with Crippen LogP contribution in [0.4, 0.5) is 5.69 Å². The summed E-state index contributed by atoms with van der Waals surface area (Å²) in [4.78, 5) is 12.4. The maximum atomic E-state index is 12.4. The molecule has 0 aromatic heterocycles. The molecule has 2 aromatic rings. The van der Waals surface area contributed by atoms with Gasteiger partial charge in [0, 0.05) is 11.1 Å². The Labute approximate surface area is 152 Å². The Balaban J connectivity index is 2.27. The third-order valence-electron chi connectivity index (χ3n) is 3.79. The van der Waals surface area contributed by atoms with E-state index >= 15 is 0 Å². The smallest absolute Gasteiger partial charge is 0.266 e. The summed E-state index contributed by atoms with van der Waals surface area (Å²) in [5.41, 5.74) is 3.27. The molecule has 2 rings (SSSR count). The molecule has 0 heterocycles. The summed E-state index contributed by atoms with van der Waals surface area (Å²) in [6.07, 6.45) is 2.50. The van der Waals surface area contributed by atoms with Crippen molar-refractivity contribution < 1.29 is 9.53 Å². The molecule has 0 unspecified atom stereocenters. The van der Waals surface area contributed by atoms with Gasteiger partial charge in [0.05, 0.1) is 12.8 Å². The molecular formula is C20H19ClN2O2. The highest BCUT2D eigenvalue weighted by Gasteiger charge is 2.14. The van der Waals surface area contributed by atoms with E-state index in [1.54, 1.807) is 18.2 Å². The predicted octanol–water partition coefficient (Wildman–Crippen LogP) is 4.77. The van der Waals surface area contributed by atoms with Gasteiger partial charge in [0.1, 0.15) is 17.4 Å². The van der Waals surface area contributed by atoms with Crippen LogP contribution in [0.1, 0.15) is 23.6 Å². The molecule has 0 saturated carbocycles. The van der Waals surface area contributed by atoms with Gasteiger partial charge in [-0.15, -0.1) is 0 Å². The van der Waals surface area contributed by atoms with Crippen LogP contribution < -0.4 is 10.1 Å². The largest absolute Gasteiger partial charge is 0.495 e. The zero-order valence-corrected chi connectivity index (χ0v) is 15.1. The molecule has 128 valence electrons. The molecule has 0 saturated heterocycles. The molecule has 4 nitrogen and oxygen atoms in total. The molecule has 0 atom stereocenters. The van der Waals surface area contributed by atoms with Crippen molar-refractivity contribution in [3.05, 3.63) is 63.7 Å². The van der Waals surface area contributed by atoms with Crippen molar-refractivity contribution in [2.75, 3.05) is 12.4 Å². The lowest BCUT2D eigenvalue weighted by Gasteiger charge is -2.12. The molecule has 0 bridgehead atoms. The number of carbonyl (C=O) groups is 1. The molecule has 0 aliphatic heterocycles. The quantitative estimate of drug-likeness (QED) is 0.621. The summed E-state index contributed by atoms with van der Waals surface area (Å²) in [5.74, 6) is -0.0596. The summed E-state index contributed by atoms with van der Waals surface area (Å²) in [6.45, 7) is 3.90. The molecule has 0 fully saturated rings. The predicted molar refractivity (Wildman–Crippen MR) is 101 cm³/mol. The van der Waals surface area contributed by atoms with Crippen molar-refractivity contribution in [3.8, 4) is 11.8 Å². The van der Waals surface area contributed by atoms with Crippen molar-refractivity contribution in [3.63, 3.8) is 0 Å². The van der Waals surface area contributed by atoms with Crippen LogP contribution in [0, 0.1) is 18.3 Å². The number of halogens is 1. The highest BCUT2D eigenvalue weighted by atomic mass is 35.5. The standard InChI is InChI=1S/C20H19ClN2O2/c1-4-14-5-7-15(8-6-14)10-16(12-22)20(24)23-18-9-13(2)17(21)11-19(18)25-3/h5-11H,4H2,1-3H3,(H,23,24)/b16-10+. The number of nitrogens with one attached hydrogen (secondary N) is 1. The van der Waals surface area contributed by atoms with Crippen LogP contribution in [0.25, 0.3) is 6.08 Å². The zero-order chi connectivity index (χ0) is 18.4. The lowest BCUT2D eigenvalue weighted by Crippen LogP contribution is -2.14. The first-order valence-corrected chi connectivity index (χ1v) is 8.22. The Morgan fingerprint density at radius 2 is 2.00 bits per heavy atom. The van der Waals surface area contributed by atoms with E-state index in [-0.39, 0.29) is 5.57 Å². The second-order valence-corrected chi connectivity index (χ2v) is 5.93. The average Bonchev–Trinajstić information content (AvgIpc) is 2.62. The minimum atomic E-state index is -0.498. The first kappa shape index (κ1) is 18.6. The summed E-state index contributed by atoms with van der Waals surface area (Å²) < 4.78 is 5.24. The zero-order valence-electron chi connectivity index (χ0n) is 14.4. The Hall–Kier alpha value is -2.77. The summed E-state index contributed by atoms with van der Waals surface area (Å²) in [5, 5.41) is 12.6. The van der Waals surface area contributed by atoms with E-state index < -0.39 is 5.91 Å². The van der Waals surface area contributed by atoms with Crippen LogP contribution in [-0.2, 0) is 11.2 Å². The van der Waals surface area contributed by atoms with E-state index in [9.17, 15) is 10.1 Å². The van der Waals surface area contributed by atoms with E-state index in [1.807, 2.05) is 37.3 Å². The first-order valence-electron chi connectivity index (χ1n) is 7.84. The number of nitriles is 1. The van der Waals surface area contributed by atoms with E-state index in [0.717, 1.165) is 17.5 Å². The van der Waals surface area contributed by atoms with Crippen LogP contribution in [0.2, 0.25) is 5.02 Å². The SMILES string of the molecule is CCc1ccc(/C=C(\C#N)C(=O)Nc2cc(C)c(Cl)cc2OC)cc1. The molecule has 1 amide bonds. The number of amides is 1. The number of carbonyl (C=O) groups excluding carboxylic acids is 1. The fraction of sp³-hybridized carbons (Fsp3) is 0.200. The van der Waals surface area contributed by atoms with Crippen LogP contribution in [0.3, 0.4) is 0 Å². The van der Waals surface area contributed by atoms with Crippen LogP contribution in [0.5, 0.6) is 5.75 Å². The highest BCUT2D eigenvalue weighted by Crippen LogP contribution is 2.31. The summed E-state index contributed by atoms with van der Waals surface area (Å²) in [7, 11) is 1.49. The summed E-state index contributed by atoms with van der Waals surface area (Å²) >= 11 is 6.07. The van der Waals surface area contributed by atoms with Crippen molar-refractivity contribution in [2.45, 2.75) is 20.3 Å². The molecule has 5 heteroatoms. The van der Waals surface area contributed by atoms with Crippen LogP contribution in [-0.4, -0.2) is 13.0 Å². The van der Waals surface area contributed by atoms with Gasteiger partial charge in [0.15, 0.2) is 0 Å². The maximum Gasteiger partial charge on any atom is 0.266 e. The molecule has 0 aliphatic rings. The second-order valence-electron chi connectivity index (χ2n) is 5.52. The lowest BCUT2D eigenvalue weighted by molar-refractivity contribution is -0.112. The van der Waals surface area contributed by atoms with Crippen LogP contribution in [0.15, 0.2) is 42.0 Å². The normalized spacial score (nSPS) is 10.9. The van der Waals surface area contributed by atoms with E-state index in [2.05, 4.69) is 12.2 Å². The minimum absolute atomic E-state index is 0.0129. The molecule has 0 radical (unpaired) electrons. The third-order valence-corrected chi connectivity index (χ3v) is 4.20. The number of hydrogen-bond donors (Lipinski definition) is 1. The van der Waals surface area contributed by atoms with Crippen molar-refractivity contribution in [1.82, 2.24) is 0 Å². The van der Waals surface area contributed by atoms with Crippen LogP contribution >= 0.6 is 11.6 Å². The van der Waals surface area contributed by atoms with Gasteiger partial charge in [-0.3, -0.25) is 4.79 Å². The molecule has 0 aliphatic carbocycles. The molecule has 0 spiro atoms. The second kappa shape index (κ2) is 8.36. The molecule has 1 N–H and O–H groups in total. The fourth-order valence-corrected chi connectivity index (χ4v) is 2.44. The van der Waals surface area contributed by atoms with Gasteiger partial charge in [0.25, 0.3) is 5.91 Å². The number of nitrogens with zero attached hydrogens (tertiary/aromatic N) is 1. The first-order chi connectivity index (χ1) is 12.0. The number of methoxy groups -OCH3 is 1. The number of anilines is 1. The number of rotatable bonds is 5. The topological polar surface area (TPSA) is 62.1 Å². The van der Waals surface area contributed by atoms with Gasteiger partial charge in [-0.25, -0.2) is 0 Å². The average molecular weight is 355 g/mol. The van der Waals surface area contributed by atoms with Gasteiger partial charge in [-0.1, -0.05) is 42.8 Å². The Morgan fingerprint density at radius 3 is 2.56 bits per heavy atom. The molecule has 25 heavy (non-hydrogen) atoms. The van der Waals surface area contributed by atoms with Gasteiger partial charge >= 0.3 is 0 Å². The van der Waals surface area contributed by atoms with E-state index in [1.165, 1.54) is 12.7 Å². The van der Waals surface area contributed by atoms with Crippen molar-refractivity contribution in [2.24, 2.45) is 0 Å². The van der Waals surface area contributed by atoms with E-state index in [4.69, 9.17) is 16.3 Å². The lowest BCUT2D eigenvalue weighted by atomic mass is 10.1. The number of ether oxygens (including phenoxy) is 1. The Morgan fingerprint density at radius 1 is 1.32 bits per heavy atom.